The number of hydrogen-bond donors (Lipinski definition) is 2. The quantitative estimate of drug-likeness (QED) is 0.294. The normalized spacial score (nSPS) is 11.2. The van der Waals surface area contributed by atoms with Gasteiger partial charge >= 0.3 is 0 Å². The van der Waals surface area contributed by atoms with Crippen molar-refractivity contribution in [1.29, 1.82) is 0 Å². The third kappa shape index (κ3) is 6.88. The van der Waals surface area contributed by atoms with Crippen LogP contribution in [0.3, 0.4) is 0 Å². The minimum Gasteiger partial charge on any atom is -0.491 e. The summed E-state index contributed by atoms with van der Waals surface area (Å²) in [5, 5.41) is 7.46. The van der Waals surface area contributed by atoms with Crippen LogP contribution in [0.25, 0.3) is 0 Å². The van der Waals surface area contributed by atoms with Crippen LogP contribution in [-0.4, -0.2) is 21.8 Å². The number of aromatic nitrogens is 2. The van der Waals surface area contributed by atoms with Gasteiger partial charge in [-0.3, -0.25) is 4.68 Å². The number of benzene rings is 2. The first-order valence-corrected chi connectivity index (χ1v) is 8.97. The van der Waals surface area contributed by atoms with Crippen molar-refractivity contribution in [3.05, 3.63) is 78.1 Å². The molecular weight excluding hydrogens is 465 g/mol. The first-order chi connectivity index (χ1) is 13.1. The van der Waals surface area contributed by atoms with Crippen LogP contribution in [0.15, 0.2) is 72.0 Å². The van der Waals surface area contributed by atoms with Crippen molar-refractivity contribution in [3.8, 4) is 5.75 Å². The molecule has 3 aromatic rings. The van der Waals surface area contributed by atoms with E-state index in [2.05, 4.69) is 27.5 Å². The molecule has 1 aromatic heterocycles. The number of guanidine groups is 1. The van der Waals surface area contributed by atoms with E-state index in [1.54, 1.807) is 0 Å². The average Bonchev–Trinajstić information content (AvgIpc) is 3.09. The summed E-state index contributed by atoms with van der Waals surface area (Å²) in [6.07, 6.45) is 3.96. The van der Waals surface area contributed by atoms with Crippen molar-refractivity contribution in [2.45, 2.75) is 33.0 Å². The van der Waals surface area contributed by atoms with E-state index in [1.807, 2.05) is 73.4 Å². The Morgan fingerprint density at radius 3 is 2.50 bits per heavy atom. The van der Waals surface area contributed by atoms with E-state index in [1.165, 1.54) is 5.56 Å². The predicted octanol–water partition coefficient (Wildman–Crippen LogP) is 4.26. The number of anilines is 1. The van der Waals surface area contributed by atoms with Gasteiger partial charge in [0.05, 0.1) is 25.4 Å². The van der Waals surface area contributed by atoms with E-state index in [9.17, 15) is 0 Å². The van der Waals surface area contributed by atoms with Gasteiger partial charge in [-0.25, -0.2) is 4.99 Å². The van der Waals surface area contributed by atoms with Gasteiger partial charge < -0.3 is 15.8 Å². The Labute approximate surface area is 182 Å². The zero-order valence-electron chi connectivity index (χ0n) is 16.1. The second-order valence-corrected chi connectivity index (χ2v) is 6.55. The number of nitrogens with two attached hydrogens (primary N) is 1. The minimum atomic E-state index is 0. The van der Waals surface area contributed by atoms with Crippen LogP contribution in [0.4, 0.5) is 5.69 Å². The fraction of sp³-hybridized carbons (Fsp3) is 0.238. The van der Waals surface area contributed by atoms with Gasteiger partial charge in [0.2, 0.25) is 0 Å². The molecule has 0 unspecified atom stereocenters. The molecule has 0 aliphatic rings. The third-order valence-corrected chi connectivity index (χ3v) is 3.80. The van der Waals surface area contributed by atoms with Gasteiger partial charge in [-0.15, -0.1) is 24.0 Å². The summed E-state index contributed by atoms with van der Waals surface area (Å²) in [6, 6.07) is 17.9. The highest BCUT2D eigenvalue weighted by molar-refractivity contribution is 14.0. The number of aliphatic imine (C=N–C) groups is 1. The van der Waals surface area contributed by atoms with Gasteiger partial charge in [0.25, 0.3) is 0 Å². The van der Waals surface area contributed by atoms with Crippen LogP contribution >= 0.6 is 24.0 Å². The molecule has 6 nitrogen and oxygen atoms in total. The number of halogens is 1. The molecule has 0 aliphatic carbocycles. The van der Waals surface area contributed by atoms with Crippen LogP contribution < -0.4 is 15.8 Å². The summed E-state index contributed by atoms with van der Waals surface area (Å²) in [5.41, 5.74) is 9.07. The van der Waals surface area contributed by atoms with Crippen LogP contribution in [0, 0.1) is 0 Å². The molecular formula is C21H26IN5O. The number of ether oxygens (including phenoxy) is 1. The Morgan fingerprint density at radius 2 is 1.82 bits per heavy atom. The van der Waals surface area contributed by atoms with Crippen LogP contribution in [-0.2, 0) is 13.1 Å². The first-order valence-electron chi connectivity index (χ1n) is 8.97. The summed E-state index contributed by atoms with van der Waals surface area (Å²) in [4.78, 5) is 4.38. The van der Waals surface area contributed by atoms with Crippen molar-refractivity contribution >= 4 is 35.6 Å². The Bertz CT molecular complexity index is 875. The van der Waals surface area contributed by atoms with Gasteiger partial charge in [0.15, 0.2) is 5.96 Å². The highest BCUT2D eigenvalue weighted by atomic mass is 127. The lowest BCUT2D eigenvalue weighted by atomic mass is 10.2. The molecule has 28 heavy (non-hydrogen) atoms. The molecule has 7 heteroatoms. The van der Waals surface area contributed by atoms with Gasteiger partial charge in [0, 0.05) is 17.4 Å². The summed E-state index contributed by atoms with van der Waals surface area (Å²) in [5.74, 6) is 1.19. The maximum absolute atomic E-state index is 5.98. The van der Waals surface area contributed by atoms with Crippen LogP contribution in [0.1, 0.15) is 25.0 Å². The molecule has 1 heterocycles. The summed E-state index contributed by atoms with van der Waals surface area (Å²) >= 11 is 0. The van der Waals surface area contributed by atoms with Crippen molar-refractivity contribution in [3.63, 3.8) is 0 Å². The average molecular weight is 491 g/mol. The maximum atomic E-state index is 5.98. The van der Waals surface area contributed by atoms with Gasteiger partial charge in [-0.05, 0) is 43.7 Å². The van der Waals surface area contributed by atoms with E-state index in [-0.39, 0.29) is 30.1 Å². The fourth-order valence-electron chi connectivity index (χ4n) is 2.60. The lowest BCUT2D eigenvalue weighted by Gasteiger charge is -2.10. The number of nitrogens with one attached hydrogen (secondary N) is 1. The number of hydrogen-bond acceptors (Lipinski definition) is 3. The minimum absolute atomic E-state index is 0. The molecule has 0 radical (unpaired) electrons. The van der Waals surface area contributed by atoms with Gasteiger partial charge in [-0.1, -0.05) is 30.3 Å². The Hall–Kier alpha value is -2.55. The highest BCUT2D eigenvalue weighted by Crippen LogP contribution is 2.16. The first kappa shape index (κ1) is 21.7. The SMILES string of the molecule is CC(C)Oc1ccc(NC(N)=NCc2cnn(Cc3ccccc3)c2)cc1.I. The zero-order chi connectivity index (χ0) is 19.1. The second-order valence-electron chi connectivity index (χ2n) is 6.55. The third-order valence-electron chi connectivity index (χ3n) is 3.80. The smallest absolute Gasteiger partial charge is 0.193 e. The van der Waals surface area contributed by atoms with E-state index in [4.69, 9.17) is 10.5 Å². The van der Waals surface area contributed by atoms with Crippen molar-refractivity contribution < 1.29 is 4.74 Å². The Morgan fingerprint density at radius 1 is 1.11 bits per heavy atom. The summed E-state index contributed by atoms with van der Waals surface area (Å²) < 4.78 is 7.53. The van der Waals surface area contributed by atoms with Gasteiger partial charge in [-0.2, -0.15) is 5.10 Å². The van der Waals surface area contributed by atoms with Crippen molar-refractivity contribution in [2.24, 2.45) is 10.7 Å². The lowest BCUT2D eigenvalue weighted by Crippen LogP contribution is -2.22. The molecule has 0 spiro atoms. The molecule has 3 rings (SSSR count). The molecule has 3 N–H and O–H groups in total. The summed E-state index contributed by atoms with van der Waals surface area (Å²) in [7, 11) is 0. The van der Waals surface area contributed by atoms with E-state index >= 15 is 0 Å². The van der Waals surface area contributed by atoms with Crippen LogP contribution in [0.5, 0.6) is 5.75 Å². The fourth-order valence-corrected chi connectivity index (χ4v) is 2.60. The monoisotopic (exact) mass is 491 g/mol. The van der Waals surface area contributed by atoms with Gasteiger partial charge in [0.1, 0.15) is 5.75 Å². The Kier molecular flexibility index (Phi) is 8.31. The van der Waals surface area contributed by atoms with E-state index in [0.29, 0.717) is 12.5 Å². The maximum Gasteiger partial charge on any atom is 0.193 e. The molecule has 0 saturated heterocycles. The molecule has 2 aromatic carbocycles. The number of nitrogens with zero attached hydrogens (tertiary/aromatic N) is 3. The van der Waals surface area contributed by atoms with Crippen LogP contribution in [0.2, 0.25) is 0 Å². The molecule has 0 atom stereocenters. The summed E-state index contributed by atoms with van der Waals surface area (Å²) in [6.45, 7) is 5.21. The predicted molar refractivity (Wildman–Crippen MR) is 124 cm³/mol. The van der Waals surface area contributed by atoms with E-state index < -0.39 is 0 Å². The zero-order valence-corrected chi connectivity index (χ0v) is 18.4. The van der Waals surface area contributed by atoms with Crippen molar-refractivity contribution in [2.75, 3.05) is 5.32 Å². The highest BCUT2D eigenvalue weighted by Gasteiger charge is 2.02. The standard InChI is InChI=1S/C21H25N5O.HI/c1-16(2)27-20-10-8-19(9-11-20)25-21(22)23-12-18-13-24-26(15-18)14-17-6-4-3-5-7-17;/h3-11,13,15-16H,12,14H2,1-2H3,(H3,22,23,25);1H. The molecule has 0 fully saturated rings. The Balaban J connectivity index is 0.00000280. The molecule has 0 amide bonds. The molecule has 0 saturated carbocycles. The molecule has 148 valence electrons. The number of rotatable bonds is 7. The molecule has 0 bridgehead atoms. The lowest BCUT2D eigenvalue weighted by molar-refractivity contribution is 0.242. The second kappa shape index (κ2) is 10.7. The molecule has 0 aliphatic heterocycles. The largest absolute Gasteiger partial charge is 0.491 e. The van der Waals surface area contributed by atoms with Crippen molar-refractivity contribution in [1.82, 2.24) is 9.78 Å². The van der Waals surface area contributed by atoms with E-state index in [0.717, 1.165) is 23.5 Å². The topological polar surface area (TPSA) is 77.5 Å².